The van der Waals surface area contributed by atoms with Gasteiger partial charge in [0, 0.05) is 18.0 Å². The van der Waals surface area contributed by atoms with Gasteiger partial charge < -0.3 is 5.32 Å². The van der Waals surface area contributed by atoms with Gasteiger partial charge in [0.05, 0.1) is 10.7 Å². The quantitative estimate of drug-likeness (QED) is 0.832. The first kappa shape index (κ1) is 15.7. The maximum Gasteiger partial charge on any atom is 0.189 e. The molecule has 4 nitrogen and oxygen atoms in total. The van der Waals surface area contributed by atoms with E-state index in [2.05, 4.69) is 47.1 Å². The van der Waals surface area contributed by atoms with Crippen molar-refractivity contribution in [2.24, 2.45) is 5.41 Å². The predicted molar refractivity (Wildman–Crippen MR) is 84.1 cm³/mol. The number of carbonyl (C=O) groups is 1. The van der Waals surface area contributed by atoms with Crippen LogP contribution in [0.4, 0.5) is 0 Å². The fourth-order valence-electron chi connectivity index (χ4n) is 3.16. The molecule has 1 atom stereocenters. The number of hydrogen-bond acceptors (Lipinski definition) is 3. The van der Waals surface area contributed by atoms with Crippen molar-refractivity contribution in [3.05, 3.63) is 16.4 Å². The third-order valence-corrected chi connectivity index (χ3v) is 4.72. The van der Waals surface area contributed by atoms with Gasteiger partial charge in [-0.3, -0.25) is 9.48 Å². The standard InChI is InChI=1S/C15H24BrN3O/c1-4-6-15(7-5-8-17-10-15)14(20)13-12(16)9-18-19(13)11(2)3/h9,11,17H,4-8,10H2,1-3H3. The summed E-state index contributed by atoms with van der Waals surface area (Å²) in [6, 6.07) is 0.190. The average molecular weight is 342 g/mol. The lowest BCUT2D eigenvalue weighted by Gasteiger charge is -2.36. The van der Waals surface area contributed by atoms with E-state index in [-0.39, 0.29) is 17.2 Å². The molecule has 1 aliphatic heterocycles. The monoisotopic (exact) mass is 341 g/mol. The van der Waals surface area contributed by atoms with Gasteiger partial charge in [0.25, 0.3) is 0 Å². The van der Waals surface area contributed by atoms with E-state index in [0.29, 0.717) is 0 Å². The second kappa shape index (κ2) is 6.39. The van der Waals surface area contributed by atoms with Crippen molar-refractivity contribution >= 4 is 21.7 Å². The van der Waals surface area contributed by atoms with Crippen LogP contribution in [-0.4, -0.2) is 28.7 Å². The Balaban J connectivity index is 2.39. The van der Waals surface area contributed by atoms with E-state index in [1.165, 1.54) is 0 Å². The van der Waals surface area contributed by atoms with E-state index in [1.54, 1.807) is 6.20 Å². The second-order valence-electron chi connectivity index (χ2n) is 6.02. The number of carbonyl (C=O) groups excluding carboxylic acids is 1. The highest BCUT2D eigenvalue weighted by Crippen LogP contribution is 2.37. The van der Waals surface area contributed by atoms with E-state index in [1.807, 2.05) is 4.68 Å². The molecule has 1 N–H and O–H groups in total. The van der Waals surface area contributed by atoms with Crippen LogP contribution in [0.5, 0.6) is 0 Å². The van der Waals surface area contributed by atoms with Crippen LogP contribution in [0.15, 0.2) is 10.7 Å². The molecule has 0 spiro atoms. The number of piperidine rings is 1. The summed E-state index contributed by atoms with van der Waals surface area (Å²) >= 11 is 3.50. The summed E-state index contributed by atoms with van der Waals surface area (Å²) in [6.07, 6.45) is 5.75. The van der Waals surface area contributed by atoms with E-state index < -0.39 is 0 Å². The highest BCUT2D eigenvalue weighted by molar-refractivity contribution is 9.10. The van der Waals surface area contributed by atoms with Gasteiger partial charge in [-0.2, -0.15) is 5.10 Å². The SMILES string of the molecule is CCCC1(C(=O)c2c(Br)cnn2C(C)C)CCCNC1. The number of ketones is 1. The first-order valence-electron chi connectivity index (χ1n) is 7.50. The van der Waals surface area contributed by atoms with Crippen LogP contribution < -0.4 is 5.32 Å². The molecule has 0 radical (unpaired) electrons. The summed E-state index contributed by atoms with van der Waals surface area (Å²) in [5.74, 6) is 0.240. The van der Waals surface area contributed by atoms with Crippen molar-refractivity contribution in [1.29, 1.82) is 0 Å². The highest BCUT2D eigenvalue weighted by atomic mass is 79.9. The lowest BCUT2D eigenvalue weighted by Crippen LogP contribution is -2.46. The first-order chi connectivity index (χ1) is 9.52. The number of hydrogen-bond donors (Lipinski definition) is 1. The van der Waals surface area contributed by atoms with Gasteiger partial charge in [0.2, 0.25) is 0 Å². The molecule has 0 aromatic carbocycles. The molecule has 2 heterocycles. The molecule has 1 aromatic heterocycles. The molecule has 2 rings (SSSR count). The van der Waals surface area contributed by atoms with Crippen molar-refractivity contribution < 1.29 is 4.79 Å². The topological polar surface area (TPSA) is 46.9 Å². The first-order valence-corrected chi connectivity index (χ1v) is 8.29. The Morgan fingerprint density at radius 1 is 1.60 bits per heavy atom. The molecule has 1 aromatic rings. The zero-order valence-electron chi connectivity index (χ0n) is 12.6. The molecule has 1 unspecified atom stereocenters. The summed E-state index contributed by atoms with van der Waals surface area (Å²) in [5.41, 5.74) is 0.472. The van der Waals surface area contributed by atoms with Gasteiger partial charge in [-0.1, -0.05) is 13.3 Å². The number of rotatable bonds is 5. The number of halogens is 1. The van der Waals surface area contributed by atoms with Crippen molar-refractivity contribution in [3.63, 3.8) is 0 Å². The minimum atomic E-state index is -0.262. The Morgan fingerprint density at radius 2 is 2.35 bits per heavy atom. The minimum absolute atomic E-state index is 0.190. The van der Waals surface area contributed by atoms with Crippen LogP contribution in [-0.2, 0) is 0 Å². The van der Waals surface area contributed by atoms with E-state index in [4.69, 9.17) is 0 Å². The largest absolute Gasteiger partial charge is 0.316 e. The molecule has 0 amide bonds. The molecular weight excluding hydrogens is 318 g/mol. The smallest absolute Gasteiger partial charge is 0.189 e. The Bertz CT molecular complexity index is 470. The van der Waals surface area contributed by atoms with E-state index in [0.717, 1.165) is 48.9 Å². The van der Waals surface area contributed by atoms with Crippen LogP contribution in [0.25, 0.3) is 0 Å². The number of Topliss-reactive ketones (excluding diaryl/α,β-unsaturated/α-hetero) is 1. The fraction of sp³-hybridized carbons (Fsp3) is 0.733. The normalized spacial score (nSPS) is 23.2. The Hall–Kier alpha value is -0.680. The van der Waals surface area contributed by atoms with Gasteiger partial charge >= 0.3 is 0 Å². The molecule has 20 heavy (non-hydrogen) atoms. The minimum Gasteiger partial charge on any atom is -0.316 e. The van der Waals surface area contributed by atoms with Gasteiger partial charge in [-0.25, -0.2) is 0 Å². The molecule has 5 heteroatoms. The van der Waals surface area contributed by atoms with Crippen LogP contribution in [0.1, 0.15) is 63.0 Å². The van der Waals surface area contributed by atoms with Gasteiger partial charge in [0.15, 0.2) is 5.78 Å². The highest BCUT2D eigenvalue weighted by Gasteiger charge is 2.41. The van der Waals surface area contributed by atoms with Crippen LogP contribution in [0.2, 0.25) is 0 Å². The van der Waals surface area contributed by atoms with Crippen molar-refractivity contribution in [2.45, 2.75) is 52.5 Å². The number of nitrogens with one attached hydrogen (secondary N) is 1. The molecule has 1 saturated heterocycles. The van der Waals surface area contributed by atoms with Crippen molar-refractivity contribution in [3.8, 4) is 0 Å². The summed E-state index contributed by atoms with van der Waals surface area (Å²) in [5, 5.41) is 7.76. The summed E-state index contributed by atoms with van der Waals surface area (Å²) in [6.45, 7) is 8.07. The van der Waals surface area contributed by atoms with E-state index >= 15 is 0 Å². The predicted octanol–water partition coefficient (Wildman–Crippen LogP) is 3.58. The third kappa shape index (κ3) is 2.84. The summed E-state index contributed by atoms with van der Waals surface area (Å²) < 4.78 is 2.66. The van der Waals surface area contributed by atoms with E-state index in [9.17, 15) is 4.79 Å². The molecule has 0 bridgehead atoms. The number of nitrogens with zero attached hydrogens (tertiary/aromatic N) is 2. The Labute approximate surface area is 129 Å². The number of aromatic nitrogens is 2. The third-order valence-electron chi connectivity index (χ3n) is 4.14. The molecular formula is C15H24BrN3O. The fourth-order valence-corrected chi connectivity index (χ4v) is 3.62. The molecule has 112 valence electrons. The summed E-state index contributed by atoms with van der Waals surface area (Å²) in [7, 11) is 0. The molecule has 0 saturated carbocycles. The lowest BCUT2D eigenvalue weighted by atomic mass is 9.72. The van der Waals surface area contributed by atoms with Gasteiger partial charge in [-0.05, 0) is 55.6 Å². The second-order valence-corrected chi connectivity index (χ2v) is 6.87. The van der Waals surface area contributed by atoms with Crippen LogP contribution >= 0.6 is 15.9 Å². The Kier molecular flexibility index (Phi) is 5.02. The molecule has 1 aliphatic rings. The zero-order valence-corrected chi connectivity index (χ0v) is 14.2. The van der Waals surface area contributed by atoms with Crippen molar-refractivity contribution in [1.82, 2.24) is 15.1 Å². The average Bonchev–Trinajstić information content (AvgIpc) is 2.81. The van der Waals surface area contributed by atoms with Gasteiger partial charge in [0.1, 0.15) is 5.69 Å². The summed E-state index contributed by atoms with van der Waals surface area (Å²) in [4.78, 5) is 13.2. The molecule has 0 aliphatic carbocycles. The maximum absolute atomic E-state index is 13.2. The van der Waals surface area contributed by atoms with Crippen LogP contribution in [0.3, 0.4) is 0 Å². The van der Waals surface area contributed by atoms with Crippen molar-refractivity contribution in [2.75, 3.05) is 13.1 Å². The Morgan fingerprint density at radius 3 is 2.90 bits per heavy atom. The van der Waals surface area contributed by atoms with Crippen LogP contribution in [0, 0.1) is 5.41 Å². The molecule has 1 fully saturated rings. The lowest BCUT2D eigenvalue weighted by molar-refractivity contribution is 0.0702. The van der Waals surface area contributed by atoms with Gasteiger partial charge in [-0.15, -0.1) is 0 Å². The zero-order chi connectivity index (χ0) is 14.8. The maximum atomic E-state index is 13.2.